The van der Waals surface area contributed by atoms with E-state index in [1.54, 1.807) is 0 Å². The molecule has 0 saturated carbocycles. The second-order valence-electron chi connectivity index (χ2n) is 6.98. The molecule has 7 nitrogen and oxygen atoms in total. The van der Waals surface area contributed by atoms with Crippen molar-refractivity contribution in [1.29, 1.82) is 0 Å². The van der Waals surface area contributed by atoms with Crippen molar-refractivity contribution in [3.8, 4) is 0 Å². The molecule has 1 amide bonds. The van der Waals surface area contributed by atoms with Crippen LogP contribution in [0.5, 0.6) is 0 Å². The van der Waals surface area contributed by atoms with Gasteiger partial charge in [0.15, 0.2) is 5.78 Å². The lowest BCUT2D eigenvalue weighted by Crippen LogP contribution is -2.48. The number of nitrogens with one attached hydrogen (secondary N) is 1. The fourth-order valence-corrected chi connectivity index (χ4v) is 3.02. The number of amides is 1. The van der Waals surface area contributed by atoms with E-state index in [9.17, 15) is 19.5 Å². The minimum absolute atomic E-state index is 0.0480. The summed E-state index contributed by atoms with van der Waals surface area (Å²) in [6, 6.07) is 7.82. The third-order valence-electron chi connectivity index (χ3n) is 4.76. The standard InChI is InChI=1S/C20H27N3O4/c1-3-13(2)18(20(26)27)22-15-10-16(24)12-23(11-15)19(25)17(21)9-14-7-5-4-6-8-14/h4-8,11,13,17-18,22H,3,9-10,12,21H2,1-2H3,(H,26,27). The first kappa shape index (κ1) is 20.6. The number of nitrogens with two attached hydrogens (primary N) is 1. The monoisotopic (exact) mass is 373 g/mol. The van der Waals surface area contributed by atoms with E-state index in [2.05, 4.69) is 5.32 Å². The Morgan fingerprint density at radius 1 is 1.30 bits per heavy atom. The van der Waals surface area contributed by atoms with E-state index >= 15 is 0 Å². The molecule has 2 rings (SSSR count). The molecule has 1 heterocycles. The Bertz CT molecular complexity index is 717. The predicted molar refractivity (Wildman–Crippen MR) is 102 cm³/mol. The second-order valence-corrected chi connectivity index (χ2v) is 6.98. The van der Waals surface area contributed by atoms with Crippen LogP contribution in [0.15, 0.2) is 42.2 Å². The highest BCUT2D eigenvalue weighted by molar-refractivity contribution is 5.91. The summed E-state index contributed by atoms with van der Waals surface area (Å²) in [5, 5.41) is 12.3. The summed E-state index contributed by atoms with van der Waals surface area (Å²) >= 11 is 0. The number of carboxylic acids is 1. The number of hydrogen-bond acceptors (Lipinski definition) is 5. The van der Waals surface area contributed by atoms with Gasteiger partial charge in [0.1, 0.15) is 6.04 Å². The van der Waals surface area contributed by atoms with Gasteiger partial charge in [-0.25, -0.2) is 4.79 Å². The molecule has 0 fully saturated rings. The van der Waals surface area contributed by atoms with Gasteiger partial charge in [0.2, 0.25) is 5.91 Å². The summed E-state index contributed by atoms with van der Waals surface area (Å²) in [7, 11) is 0. The molecule has 146 valence electrons. The number of hydrogen-bond donors (Lipinski definition) is 3. The minimum Gasteiger partial charge on any atom is -0.480 e. The van der Waals surface area contributed by atoms with Crippen molar-refractivity contribution in [1.82, 2.24) is 10.2 Å². The summed E-state index contributed by atoms with van der Waals surface area (Å²) in [5.41, 5.74) is 7.41. The Hall–Kier alpha value is -2.67. The molecule has 1 aromatic rings. The zero-order valence-corrected chi connectivity index (χ0v) is 15.7. The minimum atomic E-state index is -0.984. The summed E-state index contributed by atoms with van der Waals surface area (Å²) in [6.07, 6.45) is 2.65. The molecule has 3 unspecified atom stereocenters. The maximum Gasteiger partial charge on any atom is 0.326 e. The number of carbonyl (C=O) groups excluding carboxylic acids is 2. The van der Waals surface area contributed by atoms with Crippen molar-refractivity contribution < 1.29 is 19.5 Å². The van der Waals surface area contributed by atoms with Gasteiger partial charge in [-0.15, -0.1) is 0 Å². The van der Waals surface area contributed by atoms with E-state index in [1.807, 2.05) is 44.2 Å². The zero-order valence-electron chi connectivity index (χ0n) is 15.7. The third-order valence-corrected chi connectivity index (χ3v) is 4.76. The first-order valence-electron chi connectivity index (χ1n) is 9.13. The van der Waals surface area contributed by atoms with Crippen molar-refractivity contribution in [2.75, 3.05) is 6.54 Å². The molecule has 0 bridgehead atoms. The van der Waals surface area contributed by atoms with Gasteiger partial charge in [-0.05, 0) is 17.9 Å². The summed E-state index contributed by atoms with van der Waals surface area (Å²) in [6.45, 7) is 3.68. The lowest BCUT2D eigenvalue weighted by molar-refractivity contribution is -0.140. The lowest BCUT2D eigenvalue weighted by Gasteiger charge is -2.29. The van der Waals surface area contributed by atoms with E-state index in [4.69, 9.17) is 5.73 Å². The fourth-order valence-electron chi connectivity index (χ4n) is 3.02. The molecule has 1 aliphatic heterocycles. The summed E-state index contributed by atoms with van der Waals surface area (Å²) in [5.74, 6) is -1.62. The number of allylic oxidation sites excluding steroid dienone is 1. The first-order valence-corrected chi connectivity index (χ1v) is 9.13. The Labute approximate surface area is 159 Å². The Morgan fingerprint density at radius 3 is 2.56 bits per heavy atom. The van der Waals surface area contributed by atoms with Crippen LogP contribution in [0.2, 0.25) is 0 Å². The van der Waals surface area contributed by atoms with Crippen molar-refractivity contribution >= 4 is 17.7 Å². The van der Waals surface area contributed by atoms with Crippen LogP contribution in [0.1, 0.15) is 32.3 Å². The fraction of sp³-hybridized carbons (Fsp3) is 0.450. The van der Waals surface area contributed by atoms with Gasteiger partial charge in [0, 0.05) is 18.3 Å². The molecule has 1 aliphatic rings. The van der Waals surface area contributed by atoms with Gasteiger partial charge in [0.05, 0.1) is 12.6 Å². The smallest absolute Gasteiger partial charge is 0.326 e. The molecular weight excluding hydrogens is 346 g/mol. The van der Waals surface area contributed by atoms with Gasteiger partial charge < -0.3 is 21.1 Å². The van der Waals surface area contributed by atoms with Gasteiger partial charge in [0.25, 0.3) is 0 Å². The van der Waals surface area contributed by atoms with Crippen molar-refractivity contribution in [3.63, 3.8) is 0 Å². The van der Waals surface area contributed by atoms with Crippen LogP contribution in [0.25, 0.3) is 0 Å². The van der Waals surface area contributed by atoms with Crippen LogP contribution in [0, 0.1) is 5.92 Å². The van der Waals surface area contributed by atoms with Gasteiger partial charge >= 0.3 is 5.97 Å². The topological polar surface area (TPSA) is 113 Å². The average Bonchev–Trinajstić information content (AvgIpc) is 2.65. The average molecular weight is 373 g/mol. The normalized spacial score (nSPS) is 17.7. The molecule has 4 N–H and O–H groups in total. The van der Waals surface area contributed by atoms with Gasteiger partial charge in [-0.1, -0.05) is 50.6 Å². The molecule has 0 aliphatic carbocycles. The molecule has 0 saturated heterocycles. The molecule has 1 aromatic carbocycles. The number of ketones is 1. The molecule has 7 heteroatoms. The Morgan fingerprint density at radius 2 is 1.96 bits per heavy atom. The predicted octanol–water partition coefficient (Wildman–Crippen LogP) is 1.29. The lowest BCUT2D eigenvalue weighted by atomic mass is 9.98. The van der Waals surface area contributed by atoms with E-state index in [-0.39, 0.29) is 30.6 Å². The highest BCUT2D eigenvalue weighted by atomic mass is 16.4. The van der Waals surface area contributed by atoms with Crippen LogP contribution >= 0.6 is 0 Å². The van der Waals surface area contributed by atoms with Crippen LogP contribution < -0.4 is 11.1 Å². The maximum absolute atomic E-state index is 12.7. The third kappa shape index (κ3) is 5.65. The maximum atomic E-state index is 12.7. The highest BCUT2D eigenvalue weighted by Gasteiger charge is 2.29. The molecule has 3 atom stereocenters. The largest absolute Gasteiger partial charge is 0.480 e. The Balaban J connectivity index is 2.11. The van der Waals surface area contributed by atoms with Crippen LogP contribution in [0.3, 0.4) is 0 Å². The molecule has 0 spiro atoms. The first-order chi connectivity index (χ1) is 12.8. The van der Waals surface area contributed by atoms with Crippen LogP contribution in [-0.4, -0.2) is 46.3 Å². The van der Waals surface area contributed by atoms with Crippen LogP contribution in [0.4, 0.5) is 0 Å². The molecule has 0 aromatic heterocycles. The second kappa shape index (κ2) is 9.32. The SMILES string of the molecule is CCC(C)C(NC1=CN(C(=O)C(N)Cc2ccccc2)CC(=O)C1)C(=O)O. The van der Waals surface area contributed by atoms with E-state index in [0.717, 1.165) is 5.56 Å². The number of aliphatic carboxylic acids is 1. The van der Waals surface area contributed by atoms with E-state index in [1.165, 1.54) is 11.1 Å². The van der Waals surface area contributed by atoms with Gasteiger partial charge in [-0.3, -0.25) is 9.59 Å². The molecular formula is C20H27N3O4. The van der Waals surface area contributed by atoms with E-state index in [0.29, 0.717) is 18.5 Å². The molecule has 27 heavy (non-hydrogen) atoms. The number of benzene rings is 1. The highest BCUT2D eigenvalue weighted by Crippen LogP contribution is 2.16. The Kier molecular flexibility index (Phi) is 7.12. The zero-order chi connectivity index (χ0) is 20.0. The van der Waals surface area contributed by atoms with Crippen LogP contribution in [-0.2, 0) is 20.8 Å². The number of nitrogens with zero attached hydrogens (tertiary/aromatic N) is 1. The van der Waals surface area contributed by atoms with Gasteiger partial charge in [-0.2, -0.15) is 0 Å². The number of rotatable bonds is 8. The number of Topliss-reactive ketones (excluding diaryl/α,β-unsaturated/α-hetero) is 1. The van der Waals surface area contributed by atoms with Crippen molar-refractivity contribution in [2.24, 2.45) is 11.7 Å². The quantitative estimate of drug-likeness (QED) is 0.633. The number of carboxylic acid groups (broad SMARTS) is 1. The van der Waals surface area contributed by atoms with Crippen molar-refractivity contribution in [3.05, 3.63) is 47.8 Å². The number of carbonyl (C=O) groups is 3. The molecule has 0 radical (unpaired) electrons. The van der Waals surface area contributed by atoms with E-state index < -0.39 is 18.1 Å². The summed E-state index contributed by atoms with van der Waals surface area (Å²) in [4.78, 5) is 37.6. The summed E-state index contributed by atoms with van der Waals surface area (Å²) < 4.78 is 0. The van der Waals surface area contributed by atoms with Crippen molar-refractivity contribution in [2.45, 2.75) is 45.2 Å².